The molecule has 0 aliphatic carbocycles. The molecule has 2 rings (SSSR count). The number of nitrogens with zero attached hydrogens (tertiary/aromatic N) is 2. The van der Waals surface area contributed by atoms with E-state index < -0.39 is 0 Å². The summed E-state index contributed by atoms with van der Waals surface area (Å²) in [5.74, 6) is 0.0972. The van der Waals surface area contributed by atoms with E-state index in [9.17, 15) is 9.59 Å². The Morgan fingerprint density at radius 3 is 2.65 bits per heavy atom. The number of rotatable bonds is 8. The molecule has 1 aliphatic heterocycles. The number of hydrogen-bond acceptors (Lipinski definition) is 3. The minimum atomic E-state index is -0.0637. The van der Waals surface area contributed by atoms with Crippen LogP contribution in [0.1, 0.15) is 51.5 Å². The number of carbonyl (C=O) groups excluding carboxylic acids is 2. The Hall–Kier alpha value is -1.88. The van der Waals surface area contributed by atoms with Crippen LogP contribution in [0.5, 0.6) is 0 Å². The Morgan fingerprint density at radius 2 is 1.96 bits per heavy atom. The molecule has 0 aromatic heterocycles. The van der Waals surface area contributed by atoms with Crippen LogP contribution in [-0.4, -0.2) is 53.8 Å². The van der Waals surface area contributed by atoms with Gasteiger partial charge in [0.2, 0.25) is 11.8 Å². The van der Waals surface area contributed by atoms with Crippen molar-refractivity contribution in [3.05, 3.63) is 29.8 Å². The molecule has 5 nitrogen and oxygen atoms in total. The molecule has 1 atom stereocenters. The van der Waals surface area contributed by atoms with Crippen molar-refractivity contribution in [3.8, 4) is 0 Å². The number of aryl methyl sites for hydroxylation is 1. The van der Waals surface area contributed by atoms with Crippen molar-refractivity contribution in [2.24, 2.45) is 0 Å². The van der Waals surface area contributed by atoms with E-state index in [-0.39, 0.29) is 18.4 Å². The Bertz CT molecular complexity index is 603. The lowest BCUT2D eigenvalue weighted by molar-refractivity contribution is -0.136. The number of amides is 2. The van der Waals surface area contributed by atoms with Crippen molar-refractivity contribution in [2.75, 3.05) is 31.5 Å². The smallest absolute Gasteiger partial charge is 0.238 e. The van der Waals surface area contributed by atoms with E-state index >= 15 is 0 Å². The average molecular weight is 360 g/mol. The number of piperidine rings is 1. The zero-order valence-electron chi connectivity index (χ0n) is 16.5. The van der Waals surface area contributed by atoms with E-state index in [0.29, 0.717) is 12.6 Å². The summed E-state index contributed by atoms with van der Waals surface area (Å²) in [5, 5.41) is 2.97. The highest BCUT2D eigenvalue weighted by Crippen LogP contribution is 2.20. The summed E-state index contributed by atoms with van der Waals surface area (Å²) >= 11 is 0. The summed E-state index contributed by atoms with van der Waals surface area (Å²) in [6, 6.07) is 8.11. The van der Waals surface area contributed by atoms with Gasteiger partial charge in [-0.15, -0.1) is 0 Å². The molecule has 1 N–H and O–H groups in total. The minimum Gasteiger partial charge on any atom is -0.339 e. The third-order valence-electron chi connectivity index (χ3n) is 5.10. The molecule has 0 spiro atoms. The van der Waals surface area contributed by atoms with Crippen LogP contribution in [-0.2, 0) is 9.59 Å². The summed E-state index contributed by atoms with van der Waals surface area (Å²) in [4.78, 5) is 29.3. The van der Waals surface area contributed by atoms with Gasteiger partial charge in [0, 0.05) is 18.3 Å². The maximum absolute atomic E-state index is 12.8. The number of para-hydroxylation sites is 1. The van der Waals surface area contributed by atoms with Crippen molar-refractivity contribution in [1.82, 2.24) is 9.80 Å². The highest BCUT2D eigenvalue weighted by Gasteiger charge is 2.26. The third kappa shape index (κ3) is 5.84. The summed E-state index contributed by atoms with van der Waals surface area (Å²) in [6.45, 7) is 8.38. The molecule has 144 valence electrons. The van der Waals surface area contributed by atoms with Gasteiger partial charge in [-0.25, -0.2) is 0 Å². The van der Waals surface area contributed by atoms with Crippen molar-refractivity contribution in [2.45, 2.75) is 58.9 Å². The van der Waals surface area contributed by atoms with Crippen LogP contribution in [0.4, 0.5) is 5.69 Å². The van der Waals surface area contributed by atoms with Crippen molar-refractivity contribution in [1.29, 1.82) is 0 Å². The number of hydrogen-bond donors (Lipinski definition) is 1. The molecule has 1 saturated heterocycles. The van der Waals surface area contributed by atoms with Gasteiger partial charge in [-0.1, -0.05) is 32.0 Å². The van der Waals surface area contributed by atoms with Gasteiger partial charge in [0.05, 0.1) is 13.1 Å². The number of carbonyl (C=O) groups is 2. The molecule has 2 amide bonds. The van der Waals surface area contributed by atoms with Crippen LogP contribution in [0.15, 0.2) is 24.3 Å². The molecule has 26 heavy (non-hydrogen) atoms. The summed E-state index contributed by atoms with van der Waals surface area (Å²) in [5.41, 5.74) is 1.88. The maximum Gasteiger partial charge on any atom is 0.238 e. The second kappa shape index (κ2) is 10.3. The fourth-order valence-electron chi connectivity index (χ4n) is 3.67. The van der Waals surface area contributed by atoms with Crippen molar-refractivity contribution in [3.63, 3.8) is 0 Å². The van der Waals surface area contributed by atoms with Gasteiger partial charge in [-0.2, -0.15) is 0 Å². The third-order valence-corrected chi connectivity index (χ3v) is 5.10. The van der Waals surface area contributed by atoms with Gasteiger partial charge >= 0.3 is 0 Å². The first-order valence-corrected chi connectivity index (χ1v) is 9.92. The Labute approximate surface area is 157 Å². The average Bonchev–Trinajstić information content (AvgIpc) is 2.63. The van der Waals surface area contributed by atoms with E-state index in [1.54, 1.807) is 0 Å². The van der Waals surface area contributed by atoms with Crippen LogP contribution in [0.3, 0.4) is 0 Å². The number of benzene rings is 1. The highest BCUT2D eigenvalue weighted by molar-refractivity contribution is 5.93. The van der Waals surface area contributed by atoms with E-state index in [1.165, 1.54) is 6.42 Å². The number of likely N-dealkylation sites (tertiary alicyclic amines) is 1. The Balaban J connectivity index is 1.93. The molecule has 0 unspecified atom stereocenters. The second-order valence-electron chi connectivity index (χ2n) is 7.22. The molecular weight excluding hydrogens is 326 g/mol. The summed E-state index contributed by atoms with van der Waals surface area (Å²) in [6.07, 6.45) is 5.32. The van der Waals surface area contributed by atoms with Crippen molar-refractivity contribution < 1.29 is 9.59 Å². The van der Waals surface area contributed by atoms with Crippen LogP contribution in [0.25, 0.3) is 0 Å². The summed E-state index contributed by atoms with van der Waals surface area (Å²) < 4.78 is 0. The lowest BCUT2D eigenvalue weighted by Crippen LogP contribution is -2.49. The zero-order chi connectivity index (χ0) is 18.9. The maximum atomic E-state index is 12.8. The normalized spacial score (nSPS) is 17.4. The Morgan fingerprint density at radius 1 is 1.19 bits per heavy atom. The first-order chi connectivity index (χ1) is 12.5. The van der Waals surface area contributed by atoms with Gasteiger partial charge in [0.1, 0.15) is 0 Å². The molecular formula is C21H33N3O2. The van der Waals surface area contributed by atoms with Gasteiger partial charge in [0.15, 0.2) is 0 Å². The lowest BCUT2D eigenvalue weighted by atomic mass is 10.00. The first kappa shape index (κ1) is 20.4. The molecule has 0 radical (unpaired) electrons. The van der Waals surface area contributed by atoms with Crippen molar-refractivity contribution >= 4 is 17.5 Å². The van der Waals surface area contributed by atoms with Gasteiger partial charge < -0.3 is 10.2 Å². The quantitative estimate of drug-likeness (QED) is 0.774. The zero-order valence-corrected chi connectivity index (χ0v) is 16.5. The van der Waals surface area contributed by atoms with Gasteiger partial charge in [-0.3, -0.25) is 14.5 Å². The van der Waals surface area contributed by atoms with E-state index in [4.69, 9.17) is 0 Å². The highest BCUT2D eigenvalue weighted by atomic mass is 16.2. The predicted molar refractivity (Wildman–Crippen MR) is 106 cm³/mol. The van der Waals surface area contributed by atoms with Crippen LogP contribution >= 0.6 is 0 Å². The van der Waals surface area contributed by atoms with Crippen LogP contribution in [0, 0.1) is 6.92 Å². The molecule has 1 heterocycles. The standard InChI is InChI=1S/C21H33N3O2/c1-4-13-23(15-20(25)22-19-12-7-6-10-17(19)3)16-21(26)24-14-9-8-11-18(24)5-2/h6-7,10,12,18H,4-5,8-9,11,13-16H2,1-3H3,(H,22,25)/t18-/m1/s1. The first-order valence-electron chi connectivity index (χ1n) is 9.92. The van der Waals surface area contributed by atoms with Crippen LogP contribution < -0.4 is 5.32 Å². The molecule has 0 bridgehead atoms. The fourth-order valence-corrected chi connectivity index (χ4v) is 3.67. The molecule has 1 fully saturated rings. The molecule has 1 aromatic carbocycles. The van der Waals surface area contributed by atoms with Gasteiger partial charge in [-0.05, 0) is 57.2 Å². The molecule has 1 aromatic rings. The predicted octanol–water partition coefficient (Wildman–Crippen LogP) is 3.44. The van der Waals surface area contributed by atoms with E-state index in [2.05, 4.69) is 19.2 Å². The minimum absolute atomic E-state index is 0.0637. The Kier molecular flexibility index (Phi) is 8.10. The number of anilines is 1. The summed E-state index contributed by atoms with van der Waals surface area (Å²) in [7, 11) is 0. The fraction of sp³-hybridized carbons (Fsp3) is 0.619. The monoisotopic (exact) mass is 359 g/mol. The van der Waals surface area contributed by atoms with Gasteiger partial charge in [0.25, 0.3) is 0 Å². The van der Waals surface area contributed by atoms with E-state index in [1.807, 2.05) is 41.0 Å². The van der Waals surface area contributed by atoms with E-state index in [0.717, 1.165) is 50.0 Å². The largest absolute Gasteiger partial charge is 0.339 e. The molecule has 5 heteroatoms. The SMILES string of the molecule is CCCN(CC(=O)Nc1ccccc1C)CC(=O)N1CCCC[C@H]1CC. The second-order valence-corrected chi connectivity index (χ2v) is 7.22. The molecule has 1 aliphatic rings. The number of nitrogens with one attached hydrogen (secondary N) is 1. The van der Waals surface area contributed by atoms with Crippen LogP contribution in [0.2, 0.25) is 0 Å². The lowest BCUT2D eigenvalue weighted by Gasteiger charge is -2.36. The molecule has 0 saturated carbocycles. The topological polar surface area (TPSA) is 52.7 Å².